The van der Waals surface area contributed by atoms with Crippen molar-refractivity contribution in [2.75, 3.05) is 6.35 Å². The summed E-state index contributed by atoms with van der Waals surface area (Å²) in [7, 11) is -2.26. The Morgan fingerprint density at radius 2 is 0.683 bits per heavy atom. The van der Waals surface area contributed by atoms with Crippen LogP contribution in [0.25, 0.3) is 22.3 Å². The van der Waals surface area contributed by atoms with Crippen molar-refractivity contribution in [3.8, 4) is 45.3 Å². The van der Waals surface area contributed by atoms with E-state index in [0.29, 0.717) is 17.5 Å². The van der Waals surface area contributed by atoms with Gasteiger partial charge in [0, 0.05) is 22.3 Å². The second-order valence-corrected chi connectivity index (χ2v) is 19.4. The monoisotopic (exact) mass is 849 g/mol. The summed E-state index contributed by atoms with van der Waals surface area (Å²) in [4.78, 5) is 0. The van der Waals surface area contributed by atoms with E-state index in [9.17, 15) is 15.3 Å². The minimum absolute atomic E-state index is 0.156. The molecule has 0 unspecified atom stereocenters. The lowest BCUT2D eigenvalue weighted by Gasteiger charge is -2.28. The summed E-state index contributed by atoms with van der Waals surface area (Å²) >= 11 is 0. The van der Waals surface area contributed by atoms with Crippen LogP contribution in [0.2, 0.25) is 0 Å². The molecule has 0 aromatic heterocycles. The molecule has 0 aliphatic carbocycles. The Morgan fingerprint density at radius 3 is 1.00 bits per heavy atom. The average Bonchev–Trinajstić information content (AvgIpc) is 3.28. The average molecular weight is 850 g/mol. The number of aromatic hydroxyl groups is 3. The Bertz CT molecular complexity index is 2520. The van der Waals surface area contributed by atoms with Crippen molar-refractivity contribution >= 4 is 23.2 Å². The quantitative estimate of drug-likeness (QED) is 0.0669. The largest absolute Gasteiger partial charge is 0.507 e. The molecular weight excluding hydrogens is 792 g/mol. The van der Waals surface area contributed by atoms with E-state index in [4.69, 9.17) is 4.74 Å². The van der Waals surface area contributed by atoms with Gasteiger partial charge in [0.1, 0.15) is 38.9 Å². The van der Waals surface area contributed by atoms with Gasteiger partial charge < -0.3 is 20.1 Å². The van der Waals surface area contributed by atoms with Crippen molar-refractivity contribution in [2.45, 2.75) is 46.5 Å². The summed E-state index contributed by atoms with van der Waals surface area (Å²) in [6, 6.07) is 49.6. The summed E-state index contributed by atoms with van der Waals surface area (Å²) in [5.41, 5.74) is 10.9. The number of phenols is 3. The third-order valence-corrected chi connectivity index (χ3v) is 15.2. The van der Waals surface area contributed by atoms with Crippen LogP contribution < -0.4 is 20.7 Å². The molecule has 5 heteroatoms. The first-order valence-corrected chi connectivity index (χ1v) is 23.2. The smallest absolute Gasteiger partial charge is 0.210 e. The summed E-state index contributed by atoms with van der Waals surface area (Å²) in [6.45, 7) is 21.6. The molecule has 0 aliphatic heterocycles. The fourth-order valence-corrected chi connectivity index (χ4v) is 11.4. The molecule has 0 heterocycles. The van der Waals surface area contributed by atoms with Crippen molar-refractivity contribution in [3.05, 3.63) is 235 Å². The van der Waals surface area contributed by atoms with Gasteiger partial charge in [-0.2, -0.15) is 0 Å². The Hall–Kier alpha value is -6.87. The van der Waals surface area contributed by atoms with Crippen molar-refractivity contribution in [2.24, 2.45) is 0 Å². The molecule has 0 radical (unpaired) electrons. The maximum absolute atomic E-state index is 11.0. The van der Waals surface area contributed by atoms with Crippen LogP contribution in [0.3, 0.4) is 0 Å². The number of ether oxygens (including phenoxy) is 1. The maximum atomic E-state index is 11.0. The second-order valence-electron chi connectivity index (χ2n) is 15.9. The van der Waals surface area contributed by atoms with Gasteiger partial charge in [-0.25, -0.2) is 0 Å². The molecule has 0 amide bonds. The number of allylic oxidation sites excluding steroid dienone is 4. The van der Waals surface area contributed by atoms with Crippen molar-refractivity contribution in [1.82, 2.24) is 0 Å². The van der Waals surface area contributed by atoms with E-state index in [-0.39, 0.29) is 17.2 Å². The highest BCUT2D eigenvalue weighted by Gasteiger charge is 2.47. The zero-order valence-corrected chi connectivity index (χ0v) is 37.6. The van der Waals surface area contributed by atoms with E-state index in [1.54, 1.807) is 18.2 Å². The van der Waals surface area contributed by atoms with Gasteiger partial charge >= 0.3 is 0 Å². The molecule has 0 atom stereocenters. The Kier molecular flexibility index (Phi) is 15.4. The van der Waals surface area contributed by atoms with Gasteiger partial charge in [0.05, 0.1) is 0 Å². The third-order valence-electron chi connectivity index (χ3n) is 11.2. The molecule has 7 aromatic rings. The van der Waals surface area contributed by atoms with Crippen LogP contribution in [-0.4, -0.2) is 21.7 Å². The van der Waals surface area contributed by atoms with Gasteiger partial charge in [-0.3, -0.25) is 0 Å². The first-order valence-electron chi connectivity index (χ1n) is 21.2. The van der Waals surface area contributed by atoms with Gasteiger partial charge in [-0.1, -0.05) is 102 Å². The summed E-state index contributed by atoms with van der Waals surface area (Å²) in [6.07, 6.45) is 10.8. The van der Waals surface area contributed by atoms with E-state index < -0.39 is 7.26 Å². The summed E-state index contributed by atoms with van der Waals surface area (Å²) < 4.78 is 6.99. The summed E-state index contributed by atoms with van der Waals surface area (Å²) in [5.74, 6) is 1.28. The van der Waals surface area contributed by atoms with Gasteiger partial charge in [0.15, 0.2) is 7.26 Å². The van der Waals surface area contributed by atoms with Crippen LogP contribution in [0.15, 0.2) is 196 Å². The lowest BCUT2D eigenvalue weighted by molar-refractivity contribution is 0.389. The standard InChI is InChI=1S/C40H39O2P.C18H18O2/c1-6-8-32-16-24-39(41)37(26-32)38-27-33(9-7-2)17-25-40(38)42-28-43(34-18-10-29(3)11-19-34,35-20-12-30(4)13-21-35)36-22-14-31(5)15-23-36;1-3-5-13-7-9-17(19)15(11-13)16-12-14(6-4-2)8-10-18(16)20/h6-7,10-27H,1-2,8-9,28H2,3-5H3;3-4,7-12,19-20H,1-2,5-6H2/p+1. The molecule has 0 aliphatic rings. The van der Waals surface area contributed by atoms with Crippen LogP contribution in [-0.2, 0) is 25.7 Å². The third kappa shape index (κ3) is 11.0. The van der Waals surface area contributed by atoms with E-state index in [2.05, 4.69) is 132 Å². The lowest BCUT2D eigenvalue weighted by atomic mass is 9.97. The van der Waals surface area contributed by atoms with Crippen LogP contribution in [0, 0.1) is 20.8 Å². The SMILES string of the molecule is C=CCc1ccc(O)c(-c2cc(CC=C)ccc2O)c1.C=CCc1ccc(O)c(-c2cc(CC=C)ccc2OC[P+](c2ccc(C)cc2)(c2ccc(C)cc2)c2ccc(C)cc2)c1. The van der Waals surface area contributed by atoms with Crippen LogP contribution in [0.1, 0.15) is 38.9 Å². The minimum Gasteiger partial charge on any atom is -0.507 e. The Morgan fingerprint density at radius 1 is 0.397 bits per heavy atom. The van der Waals surface area contributed by atoms with E-state index in [0.717, 1.165) is 64.8 Å². The van der Waals surface area contributed by atoms with Gasteiger partial charge in [-0.15, -0.1) is 26.3 Å². The van der Waals surface area contributed by atoms with Gasteiger partial charge in [0.2, 0.25) is 6.35 Å². The first kappa shape index (κ1) is 45.7. The Balaban J connectivity index is 0.000000276. The van der Waals surface area contributed by atoms with Crippen LogP contribution in [0.5, 0.6) is 23.0 Å². The predicted molar refractivity (Wildman–Crippen MR) is 269 cm³/mol. The first-order chi connectivity index (χ1) is 30.5. The molecule has 0 fully saturated rings. The molecule has 0 saturated carbocycles. The Labute approximate surface area is 374 Å². The number of hydrogen-bond donors (Lipinski definition) is 3. The molecule has 3 N–H and O–H groups in total. The highest BCUT2D eigenvalue weighted by atomic mass is 31.2. The van der Waals surface area contributed by atoms with Crippen molar-refractivity contribution < 1.29 is 20.1 Å². The molecule has 0 bridgehead atoms. The number of aryl methyl sites for hydroxylation is 3. The van der Waals surface area contributed by atoms with E-state index >= 15 is 0 Å². The fraction of sp³-hybridized carbons (Fsp3) is 0.138. The molecular formula is C58H58O4P+. The van der Waals surface area contributed by atoms with Crippen molar-refractivity contribution in [3.63, 3.8) is 0 Å². The maximum Gasteiger partial charge on any atom is 0.210 e. The molecule has 7 aromatic carbocycles. The highest BCUT2D eigenvalue weighted by Crippen LogP contribution is 2.56. The normalized spacial score (nSPS) is 10.9. The van der Waals surface area contributed by atoms with E-state index in [1.807, 2.05) is 66.8 Å². The minimum atomic E-state index is -2.26. The number of hydrogen-bond acceptors (Lipinski definition) is 4. The van der Waals surface area contributed by atoms with Gasteiger partial charge in [-0.05, 0) is 154 Å². The zero-order chi connectivity index (χ0) is 44.9. The van der Waals surface area contributed by atoms with E-state index in [1.165, 1.54) is 32.6 Å². The van der Waals surface area contributed by atoms with Crippen molar-refractivity contribution in [1.29, 1.82) is 0 Å². The lowest BCUT2D eigenvalue weighted by Crippen LogP contribution is -2.35. The zero-order valence-electron chi connectivity index (χ0n) is 36.7. The fourth-order valence-electron chi connectivity index (χ4n) is 7.72. The predicted octanol–water partition coefficient (Wildman–Crippen LogP) is 13.0. The van der Waals surface area contributed by atoms with Crippen LogP contribution >= 0.6 is 7.26 Å². The molecule has 0 spiro atoms. The summed E-state index contributed by atoms with van der Waals surface area (Å²) in [5, 5.41) is 34.9. The topological polar surface area (TPSA) is 69.9 Å². The number of rotatable bonds is 16. The van der Waals surface area contributed by atoms with Crippen LogP contribution in [0.4, 0.5) is 0 Å². The number of phenolic OH excluding ortho intramolecular Hbond substituents is 3. The molecule has 4 nitrogen and oxygen atoms in total. The molecule has 318 valence electrons. The van der Waals surface area contributed by atoms with Gasteiger partial charge in [0.25, 0.3) is 0 Å². The highest BCUT2D eigenvalue weighted by molar-refractivity contribution is 7.95. The number of benzene rings is 7. The molecule has 63 heavy (non-hydrogen) atoms. The second kappa shape index (κ2) is 21.3. The molecule has 7 rings (SSSR count). The molecule has 0 saturated heterocycles.